The fraction of sp³-hybridized carbons (Fsp3) is 0.208. The molecule has 0 spiro atoms. The summed E-state index contributed by atoms with van der Waals surface area (Å²) in [5, 5.41) is 0. The van der Waals surface area contributed by atoms with E-state index in [-0.39, 0.29) is 17.6 Å². The van der Waals surface area contributed by atoms with Gasteiger partial charge in [0.2, 0.25) is 5.78 Å². The Morgan fingerprint density at radius 2 is 1.93 bits per heavy atom. The van der Waals surface area contributed by atoms with Crippen molar-refractivity contribution in [2.75, 3.05) is 6.73 Å². The molecule has 1 aromatic heterocycles. The second-order valence-corrected chi connectivity index (χ2v) is 7.43. The van der Waals surface area contributed by atoms with Gasteiger partial charge >= 0.3 is 0 Å². The Labute approximate surface area is 169 Å². The van der Waals surface area contributed by atoms with Crippen LogP contribution in [0.25, 0.3) is 6.08 Å². The number of hydrogen-bond donors (Lipinski definition) is 0. The van der Waals surface area contributed by atoms with Gasteiger partial charge in [0, 0.05) is 29.8 Å². The number of ether oxygens (including phenoxy) is 2. The average molecular weight is 387 g/mol. The van der Waals surface area contributed by atoms with Crippen LogP contribution in [0.3, 0.4) is 0 Å². The quantitative estimate of drug-likeness (QED) is 0.584. The predicted molar refractivity (Wildman–Crippen MR) is 109 cm³/mol. The lowest BCUT2D eigenvalue weighted by Crippen LogP contribution is -2.34. The van der Waals surface area contributed by atoms with Crippen LogP contribution in [-0.4, -0.2) is 17.4 Å². The van der Waals surface area contributed by atoms with Gasteiger partial charge in [-0.1, -0.05) is 30.3 Å². The summed E-state index contributed by atoms with van der Waals surface area (Å²) in [6, 6.07) is 16.0. The van der Waals surface area contributed by atoms with Crippen molar-refractivity contribution in [2.45, 2.75) is 26.4 Å². The summed E-state index contributed by atoms with van der Waals surface area (Å²) in [6.07, 6.45) is 3.20. The lowest BCUT2D eigenvalue weighted by molar-refractivity contribution is 0.0609. The zero-order valence-corrected chi connectivity index (χ0v) is 16.3. The summed E-state index contributed by atoms with van der Waals surface area (Å²) < 4.78 is 17.3. The SMILES string of the molecule is Cc1c2c(cc3c1O/C(=C\c1ccco1)C3=O)CN(C(C)c1ccccc1)CO2. The van der Waals surface area contributed by atoms with Crippen molar-refractivity contribution in [1.82, 2.24) is 4.90 Å². The number of ketones is 1. The smallest absolute Gasteiger partial charge is 0.232 e. The number of furan rings is 1. The van der Waals surface area contributed by atoms with Crippen LogP contribution >= 0.6 is 0 Å². The minimum atomic E-state index is -0.129. The van der Waals surface area contributed by atoms with Gasteiger partial charge in [0.1, 0.15) is 24.0 Å². The van der Waals surface area contributed by atoms with Gasteiger partial charge in [-0.15, -0.1) is 0 Å². The van der Waals surface area contributed by atoms with E-state index < -0.39 is 0 Å². The Morgan fingerprint density at radius 1 is 1.10 bits per heavy atom. The first-order valence-corrected chi connectivity index (χ1v) is 9.68. The molecule has 0 N–H and O–H groups in total. The topological polar surface area (TPSA) is 51.9 Å². The molecule has 0 saturated heterocycles. The fourth-order valence-corrected chi connectivity index (χ4v) is 3.96. The number of nitrogens with zero attached hydrogens (tertiary/aromatic N) is 1. The molecular formula is C24H21NO4. The molecule has 0 saturated carbocycles. The van der Waals surface area contributed by atoms with E-state index >= 15 is 0 Å². The number of benzene rings is 2. The molecule has 29 heavy (non-hydrogen) atoms. The molecule has 3 heterocycles. The second kappa shape index (κ2) is 6.94. The van der Waals surface area contributed by atoms with E-state index in [1.807, 2.05) is 31.2 Å². The number of allylic oxidation sites excluding steroid dienone is 1. The Kier molecular flexibility index (Phi) is 4.25. The van der Waals surface area contributed by atoms with Crippen LogP contribution in [0, 0.1) is 6.92 Å². The molecule has 0 bridgehead atoms. The summed E-state index contributed by atoms with van der Waals surface area (Å²) >= 11 is 0. The highest BCUT2D eigenvalue weighted by molar-refractivity contribution is 6.15. The van der Waals surface area contributed by atoms with Crippen molar-refractivity contribution in [2.24, 2.45) is 0 Å². The minimum Gasteiger partial charge on any atom is -0.477 e. The Bertz CT molecular complexity index is 1100. The maximum absolute atomic E-state index is 12.9. The van der Waals surface area contributed by atoms with Gasteiger partial charge in [0.05, 0.1) is 11.8 Å². The molecular weight excluding hydrogens is 366 g/mol. The molecule has 5 heteroatoms. The molecule has 0 fully saturated rings. The van der Waals surface area contributed by atoms with E-state index in [9.17, 15) is 4.79 Å². The molecule has 2 aromatic carbocycles. The van der Waals surface area contributed by atoms with E-state index in [1.165, 1.54) is 5.56 Å². The van der Waals surface area contributed by atoms with Crippen molar-refractivity contribution in [3.8, 4) is 11.5 Å². The Hall–Kier alpha value is -3.31. The molecule has 5 nitrogen and oxygen atoms in total. The summed E-state index contributed by atoms with van der Waals surface area (Å²) in [5.41, 5.74) is 3.68. The first-order chi connectivity index (χ1) is 14.1. The van der Waals surface area contributed by atoms with E-state index in [4.69, 9.17) is 13.9 Å². The highest BCUT2D eigenvalue weighted by atomic mass is 16.5. The first-order valence-electron chi connectivity index (χ1n) is 9.68. The minimum absolute atomic E-state index is 0.129. The maximum atomic E-state index is 12.9. The molecule has 5 rings (SSSR count). The van der Waals surface area contributed by atoms with E-state index in [0.29, 0.717) is 30.3 Å². The summed E-state index contributed by atoms with van der Waals surface area (Å²) in [7, 11) is 0. The molecule has 2 aliphatic rings. The van der Waals surface area contributed by atoms with Crippen molar-refractivity contribution >= 4 is 11.9 Å². The van der Waals surface area contributed by atoms with Gasteiger partial charge in [-0.3, -0.25) is 9.69 Å². The second-order valence-electron chi connectivity index (χ2n) is 7.43. The number of rotatable bonds is 3. The third-order valence-electron chi connectivity index (χ3n) is 5.61. The summed E-state index contributed by atoms with van der Waals surface area (Å²) in [5.74, 6) is 2.12. The summed E-state index contributed by atoms with van der Waals surface area (Å²) in [6.45, 7) is 5.31. The largest absolute Gasteiger partial charge is 0.477 e. The first kappa shape index (κ1) is 17.8. The van der Waals surface area contributed by atoms with Crippen LogP contribution < -0.4 is 9.47 Å². The monoisotopic (exact) mass is 387 g/mol. The van der Waals surface area contributed by atoms with Crippen LogP contribution in [0.4, 0.5) is 0 Å². The van der Waals surface area contributed by atoms with Gasteiger partial charge in [-0.25, -0.2) is 0 Å². The number of Topliss-reactive ketones (excluding diaryl/α,β-unsaturated/α-hetero) is 1. The highest BCUT2D eigenvalue weighted by Gasteiger charge is 2.34. The molecule has 146 valence electrons. The van der Waals surface area contributed by atoms with Crippen LogP contribution in [0.15, 0.2) is 65.0 Å². The van der Waals surface area contributed by atoms with Crippen LogP contribution in [0.5, 0.6) is 11.5 Å². The fourth-order valence-electron chi connectivity index (χ4n) is 3.96. The Morgan fingerprint density at radius 3 is 2.69 bits per heavy atom. The molecule has 0 aliphatic carbocycles. The van der Waals surface area contributed by atoms with Gasteiger partial charge in [-0.05, 0) is 37.6 Å². The number of carbonyl (C=O) groups excluding carboxylic acids is 1. The third kappa shape index (κ3) is 3.04. The summed E-state index contributed by atoms with van der Waals surface area (Å²) in [4.78, 5) is 15.2. The Balaban J connectivity index is 1.46. The van der Waals surface area contributed by atoms with Gasteiger partial charge in [0.15, 0.2) is 5.76 Å². The van der Waals surface area contributed by atoms with Crippen molar-refractivity contribution in [3.63, 3.8) is 0 Å². The molecule has 1 atom stereocenters. The lowest BCUT2D eigenvalue weighted by atomic mass is 9.99. The highest BCUT2D eigenvalue weighted by Crippen LogP contribution is 2.44. The van der Waals surface area contributed by atoms with Crippen LogP contribution in [0.1, 0.15) is 45.8 Å². The zero-order valence-electron chi connectivity index (χ0n) is 16.3. The van der Waals surface area contributed by atoms with Crippen molar-refractivity contribution in [3.05, 3.63) is 88.6 Å². The normalized spacial score (nSPS) is 18.1. The van der Waals surface area contributed by atoms with E-state index in [1.54, 1.807) is 24.5 Å². The van der Waals surface area contributed by atoms with E-state index in [0.717, 1.165) is 16.9 Å². The number of fused-ring (bicyclic) bond motifs is 2. The molecule has 1 unspecified atom stereocenters. The molecule has 2 aliphatic heterocycles. The average Bonchev–Trinajstić information content (AvgIpc) is 3.37. The van der Waals surface area contributed by atoms with Crippen LogP contribution in [0.2, 0.25) is 0 Å². The maximum Gasteiger partial charge on any atom is 0.232 e. The zero-order chi connectivity index (χ0) is 20.0. The van der Waals surface area contributed by atoms with Crippen LogP contribution in [-0.2, 0) is 6.54 Å². The van der Waals surface area contributed by atoms with Gasteiger partial charge in [-0.2, -0.15) is 0 Å². The third-order valence-corrected chi connectivity index (χ3v) is 5.61. The predicted octanol–water partition coefficient (Wildman–Crippen LogP) is 5.12. The molecule has 3 aromatic rings. The van der Waals surface area contributed by atoms with Gasteiger partial charge in [0.25, 0.3) is 0 Å². The van der Waals surface area contributed by atoms with Gasteiger partial charge < -0.3 is 13.9 Å². The lowest BCUT2D eigenvalue weighted by Gasteiger charge is -2.34. The number of hydrogen-bond acceptors (Lipinski definition) is 5. The standard InChI is InChI=1S/C24H21NO4/c1-15-23-18(13-25(14-28-23)16(2)17-7-4-3-5-8-17)11-20-22(26)21(29-24(15)20)12-19-9-6-10-27-19/h3-12,16H,13-14H2,1-2H3/b21-12-. The molecule has 0 amide bonds. The molecule has 0 radical (unpaired) electrons. The van der Waals surface area contributed by atoms with E-state index in [2.05, 4.69) is 24.0 Å². The number of carbonyl (C=O) groups is 1. The van der Waals surface area contributed by atoms with Crippen molar-refractivity contribution in [1.29, 1.82) is 0 Å². The van der Waals surface area contributed by atoms with Crippen molar-refractivity contribution < 1.29 is 18.7 Å².